The number of aliphatic imine (C=N–C) groups is 1. The summed E-state index contributed by atoms with van der Waals surface area (Å²) >= 11 is 0. The summed E-state index contributed by atoms with van der Waals surface area (Å²) in [6.45, 7) is 12.8. The van der Waals surface area contributed by atoms with Crippen LogP contribution in [0.2, 0.25) is 0 Å². The molecule has 2 fully saturated rings. The zero-order valence-corrected chi connectivity index (χ0v) is 19.8. The number of rotatable bonds is 7. The van der Waals surface area contributed by atoms with Crippen molar-refractivity contribution in [1.82, 2.24) is 20.4 Å². The predicted molar refractivity (Wildman–Crippen MR) is 124 cm³/mol. The predicted octanol–water partition coefficient (Wildman–Crippen LogP) is 2.87. The molecule has 1 saturated heterocycles. The van der Waals surface area contributed by atoms with E-state index in [9.17, 15) is 0 Å². The van der Waals surface area contributed by atoms with E-state index in [1.807, 2.05) is 7.05 Å². The average molecular weight is 479 g/mol. The molecule has 0 bridgehead atoms. The van der Waals surface area contributed by atoms with Gasteiger partial charge < -0.3 is 20.4 Å². The van der Waals surface area contributed by atoms with Gasteiger partial charge in [-0.1, -0.05) is 33.1 Å². The molecule has 0 aromatic heterocycles. The summed E-state index contributed by atoms with van der Waals surface area (Å²) in [4.78, 5) is 9.39. The maximum absolute atomic E-state index is 4.39. The SMILES string of the molecule is CN=C(NCCC1CCCC(C)C1)NCC(C)CN1CCN(C)CC1.I. The van der Waals surface area contributed by atoms with Crippen LogP contribution < -0.4 is 10.6 Å². The van der Waals surface area contributed by atoms with Crippen LogP contribution in [-0.4, -0.2) is 75.7 Å². The molecule has 0 spiro atoms. The van der Waals surface area contributed by atoms with Crippen molar-refractivity contribution < 1.29 is 0 Å². The van der Waals surface area contributed by atoms with E-state index >= 15 is 0 Å². The van der Waals surface area contributed by atoms with E-state index in [-0.39, 0.29) is 24.0 Å². The molecule has 2 aliphatic rings. The van der Waals surface area contributed by atoms with Crippen LogP contribution in [-0.2, 0) is 0 Å². The molecule has 1 saturated carbocycles. The Morgan fingerprint density at radius 2 is 1.88 bits per heavy atom. The van der Waals surface area contributed by atoms with Gasteiger partial charge in [0.15, 0.2) is 5.96 Å². The van der Waals surface area contributed by atoms with Gasteiger partial charge in [-0.25, -0.2) is 0 Å². The second kappa shape index (κ2) is 13.2. The number of likely N-dealkylation sites (N-methyl/N-ethyl adjacent to an activating group) is 1. The van der Waals surface area contributed by atoms with Crippen molar-refractivity contribution in [2.45, 2.75) is 46.0 Å². The minimum atomic E-state index is 0. The summed E-state index contributed by atoms with van der Waals surface area (Å²) in [6, 6.07) is 0. The molecule has 0 amide bonds. The van der Waals surface area contributed by atoms with Crippen LogP contribution >= 0.6 is 24.0 Å². The van der Waals surface area contributed by atoms with Gasteiger partial charge in [-0.05, 0) is 37.6 Å². The van der Waals surface area contributed by atoms with Gasteiger partial charge in [0.25, 0.3) is 0 Å². The molecular weight excluding hydrogens is 437 g/mol. The Kier molecular flexibility index (Phi) is 12.1. The van der Waals surface area contributed by atoms with Crippen molar-refractivity contribution in [3.63, 3.8) is 0 Å². The van der Waals surface area contributed by atoms with Crippen LogP contribution in [0.3, 0.4) is 0 Å². The highest BCUT2D eigenvalue weighted by Gasteiger charge is 2.19. The third-order valence-corrected chi connectivity index (χ3v) is 5.90. The lowest BCUT2D eigenvalue weighted by Crippen LogP contribution is -2.47. The minimum absolute atomic E-state index is 0. The second-order valence-electron chi connectivity index (χ2n) is 8.52. The summed E-state index contributed by atoms with van der Waals surface area (Å²) in [7, 11) is 4.09. The Morgan fingerprint density at radius 1 is 1.15 bits per heavy atom. The van der Waals surface area contributed by atoms with Crippen molar-refractivity contribution in [2.75, 3.05) is 59.9 Å². The van der Waals surface area contributed by atoms with Crippen LogP contribution in [0.1, 0.15) is 46.0 Å². The molecule has 6 heteroatoms. The third kappa shape index (κ3) is 9.22. The van der Waals surface area contributed by atoms with Gasteiger partial charge in [0, 0.05) is 52.9 Å². The summed E-state index contributed by atoms with van der Waals surface area (Å²) in [5, 5.41) is 7.03. The van der Waals surface area contributed by atoms with E-state index in [1.165, 1.54) is 64.8 Å². The molecule has 1 heterocycles. The van der Waals surface area contributed by atoms with E-state index in [4.69, 9.17) is 0 Å². The fourth-order valence-corrected chi connectivity index (χ4v) is 4.24. The van der Waals surface area contributed by atoms with Gasteiger partial charge in [-0.15, -0.1) is 24.0 Å². The Hall–Kier alpha value is -0.0800. The van der Waals surface area contributed by atoms with Crippen molar-refractivity contribution in [1.29, 1.82) is 0 Å². The van der Waals surface area contributed by atoms with Gasteiger partial charge in [0.2, 0.25) is 0 Å². The Bertz CT molecular complexity index is 396. The summed E-state index contributed by atoms with van der Waals surface area (Å²) in [5.74, 6) is 3.44. The highest BCUT2D eigenvalue weighted by Crippen LogP contribution is 2.30. The van der Waals surface area contributed by atoms with Crippen molar-refractivity contribution >= 4 is 29.9 Å². The van der Waals surface area contributed by atoms with Crippen LogP contribution in [0.15, 0.2) is 4.99 Å². The number of piperazine rings is 1. The van der Waals surface area contributed by atoms with Gasteiger partial charge in [-0.3, -0.25) is 4.99 Å². The molecule has 2 N–H and O–H groups in total. The Balaban J connectivity index is 0.00000338. The second-order valence-corrected chi connectivity index (χ2v) is 8.52. The van der Waals surface area contributed by atoms with E-state index in [0.29, 0.717) is 5.92 Å². The van der Waals surface area contributed by atoms with E-state index in [0.717, 1.165) is 30.9 Å². The minimum Gasteiger partial charge on any atom is -0.356 e. The number of nitrogens with one attached hydrogen (secondary N) is 2. The molecule has 3 atom stereocenters. The fourth-order valence-electron chi connectivity index (χ4n) is 4.24. The van der Waals surface area contributed by atoms with E-state index < -0.39 is 0 Å². The Labute approximate surface area is 178 Å². The monoisotopic (exact) mass is 479 g/mol. The first kappa shape index (κ1) is 24.0. The van der Waals surface area contributed by atoms with Crippen molar-refractivity contribution in [3.8, 4) is 0 Å². The molecule has 5 nitrogen and oxygen atoms in total. The molecule has 26 heavy (non-hydrogen) atoms. The van der Waals surface area contributed by atoms with E-state index in [2.05, 4.69) is 46.3 Å². The van der Waals surface area contributed by atoms with Gasteiger partial charge in [0.1, 0.15) is 0 Å². The lowest BCUT2D eigenvalue weighted by atomic mass is 9.81. The maximum Gasteiger partial charge on any atom is 0.190 e. The standard InChI is InChI=1S/C20H41N5.HI/c1-17-6-5-7-19(14-17)8-9-22-20(21-3)23-15-18(2)16-25-12-10-24(4)11-13-25;/h17-19H,5-16H2,1-4H3,(H2,21,22,23);1H. The van der Waals surface area contributed by atoms with Crippen LogP contribution in [0.5, 0.6) is 0 Å². The van der Waals surface area contributed by atoms with Gasteiger partial charge in [-0.2, -0.15) is 0 Å². The number of nitrogens with zero attached hydrogens (tertiary/aromatic N) is 3. The molecule has 0 aromatic rings. The molecule has 3 unspecified atom stereocenters. The molecular formula is C20H42IN5. The average Bonchev–Trinajstić information content (AvgIpc) is 2.60. The number of hydrogen-bond donors (Lipinski definition) is 2. The molecule has 0 aromatic carbocycles. The number of halogens is 1. The lowest BCUT2D eigenvalue weighted by Gasteiger charge is -2.34. The van der Waals surface area contributed by atoms with Crippen molar-refractivity contribution in [3.05, 3.63) is 0 Å². The zero-order valence-electron chi connectivity index (χ0n) is 17.5. The highest BCUT2D eigenvalue weighted by atomic mass is 127. The normalized spacial score (nSPS) is 26.8. The lowest BCUT2D eigenvalue weighted by molar-refractivity contribution is 0.139. The van der Waals surface area contributed by atoms with Crippen LogP contribution in [0.25, 0.3) is 0 Å². The summed E-state index contributed by atoms with van der Waals surface area (Å²) in [5.41, 5.74) is 0. The molecule has 2 rings (SSSR count). The molecule has 1 aliphatic carbocycles. The third-order valence-electron chi connectivity index (χ3n) is 5.90. The zero-order chi connectivity index (χ0) is 18.1. The van der Waals surface area contributed by atoms with Crippen molar-refractivity contribution in [2.24, 2.45) is 22.7 Å². The first-order valence-corrected chi connectivity index (χ1v) is 10.4. The molecule has 0 radical (unpaired) electrons. The fraction of sp³-hybridized carbons (Fsp3) is 0.950. The largest absolute Gasteiger partial charge is 0.356 e. The van der Waals surface area contributed by atoms with Gasteiger partial charge in [0.05, 0.1) is 0 Å². The molecule has 154 valence electrons. The first-order valence-electron chi connectivity index (χ1n) is 10.4. The Morgan fingerprint density at radius 3 is 2.54 bits per heavy atom. The highest BCUT2D eigenvalue weighted by molar-refractivity contribution is 14.0. The van der Waals surface area contributed by atoms with Crippen LogP contribution in [0.4, 0.5) is 0 Å². The molecule has 1 aliphatic heterocycles. The maximum atomic E-state index is 4.39. The quantitative estimate of drug-likeness (QED) is 0.335. The number of hydrogen-bond acceptors (Lipinski definition) is 3. The number of guanidine groups is 1. The van der Waals surface area contributed by atoms with Crippen LogP contribution in [0, 0.1) is 17.8 Å². The van der Waals surface area contributed by atoms with Gasteiger partial charge >= 0.3 is 0 Å². The smallest absolute Gasteiger partial charge is 0.190 e. The first-order chi connectivity index (χ1) is 12.1. The van der Waals surface area contributed by atoms with E-state index in [1.54, 1.807) is 0 Å². The topological polar surface area (TPSA) is 42.9 Å². The summed E-state index contributed by atoms with van der Waals surface area (Å²) < 4.78 is 0. The summed E-state index contributed by atoms with van der Waals surface area (Å²) in [6.07, 6.45) is 6.96.